The SMILES string of the molecule is CC(O)[C@H]1CC[C@H](c2ccccc2)CO1. The monoisotopic (exact) mass is 206 g/mol. The summed E-state index contributed by atoms with van der Waals surface area (Å²) in [6.07, 6.45) is 1.75. The first-order chi connectivity index (χ1) is 7.27. The van der Waals surface area contributed by atoms with E-state index in [0.29, 0.717) is 5.92 Å². The van der Waals surface area contributed by atoms with E-state index in [2.05, 4.69) is 24.3 Å². The summed E-state index contributed by atoms with van der Waals surface area (Å²) >= 11 is 0. The lowest BCUT2D eigenvalue weighted by Gasteiger charge is -2.30. The molecule has 3 atom stereocenters. The Morgan fingerprint density at radius 3 is 2.53 bits per heavy atom. The van der Waals surface area contributed by atoms with E-state index in [0.717, 1.165) is 19.4 Å². The van der Waals surface area contributed by atoms with Crippen LogP contribution in [0.3, 0.4) is 0 Å². The molecule has 1 aromatic rings. The zero-order valence-corrected chi connectivity index (χ0v) is 9.10. The van der Waals surface area contributed by atoms with Crippen molar-refractivity contribution in [3.63, 3.8) is 0 Å². The van der Waals surface area contributed by atoms with Gasteiger partial charge in [-0.25, -0.2) is 0 Å². The number of hydrogen-bond acceptors (Lipinski definition) is 2. The lowest BCUT2D eigenvalue weighted by Crippen LogP contribution is -2.32. The van der Waals surface area contributed by atoms with E-state index in [4.69, 9.17) is 4.74 Å². The van der Waals surface area contributed by atoms with Gasteiger partial charge < -0.3 is 9.84 Å². The minimum Gasteiger partial charge on any atom is -0.391 e. The lowest BCUT2D eigenvalue weighted by molar-refractivity contribution is -0.0621. The Hall–Kier alpha value is -0.860. The van der Waals surface area contributed by atoms with Gasteiger partial charge in [-0.3, -0.25) is 0 Å². The maximum absolute atomic E-state index is 9.41. The van der Waals surface area contributed by atoms with E-state index in [1.807, 2.05) is 6.07 Å². The molecule has 2 heteroatoms. The second-order valence-electron chi connectivity index (χ2n) is 4.30. The normalized spacial score (nSPS) is 28.7. The fraction of sp³-hybridized carbons (Fsp3) is 0.538. The van der Waals surface area contributed by atoms with Crippen LogP contribution in [0.2, 0.25) is 0 Å². The zero-order chi connectivity index (χ0) is 10.7. The standard InChI is InChI=1S/C13H18O2/c1-10(14)13-8-7-12(9-15-13)11-5-3-2-4-6-11/h2-6,10,12-14H,7-9H2,1H3/t10?,12-,13+/m0/s1. The van der Waals surface area contributed by atoms with Gasteiger partial charge in [0.1, 0.15) is 0 Å². The predicted molar refractivity (Wildman–Crippen MR) is 59.8 cm³/mol. The molecule has 1 unspecified atom stereocenters. The van der Waals surface area contributed by atoms with Crippen LogP contribution in [0.4, 0.5) is 0 Å². The second-order valence-corrected chi connectivity index (χ2v) is 4.30. The zero-order valence-electron chi connectivity index (χ0n) is 9.10. The molecule has 0 saturated carbocycles. The molecule has 0 bridgehead atoms. The van der Waals surface area contributed by atoms with Crippen molar-refractivity contribution < 1.29 is 9.84 Å². The molecule has 1 N–H and O–H groups in total. The van der Waals surface area contributed by atoms with Gasteiger partial charge in [-0.05, 0) is 25.3 Å². The molecule has 1 aliphatic heterocycles. The molecule has 2 nitrogen and oxygen atoms in total. The number of ether oxygens (including phenoxy) is 1. The second kappa shape index (κ2) is 4.77. The van der Waals surface area contributed by atoms with E-state index >= 15 is 0 Å². The van der Waals surface area contributed by atoms with Crippen LogP contribution < -0.4 is 0 Å². The summed E-state index contributed by atoms with van der Waals surface area (Å²) in [6.45, 7) is 2.53. The molecule has 1 heterocycles. The van der Waals surface area contributed by atoms with E-state index in [1.54, 1.807) is 6.92 Å². The first kappa shape index (κ1) is 10.7. The van der Waals surface area contributed by atoms with Gasteiger partial charge in [-0.1, -0.05) is 30.3 Å². The molecule has 0 spiro atoms. The Morgan fingerprint density at radius 1 is 1.27 bits per heavy atom. The molecule has 1 aliphatic rings. The van der Waals surface area contributed by atoms with Gasteiger partial charge in [-0.15, -0.1) is 0 Å². The molecule has 0 aromatic heterocycles. The highest BCUT2D eigenvalue weighted by molar-refractivity contribution is 5.19. The molecule has 1 fully saturated rings. The molecule has 2 rings (SSSR count). The molecular formula is C13H18O2. The van der Waals surface area contributed by atoms with Crippen molar-refractivity contribution in [2.45, 2.75) is 37.9 Å². The minimum atomic E-state index is -0.346. The molecule has 1 saturated heterocycles. The molecule has 82 valence electrons. The maximum atomic E-state index is 9.41. The van der Waals surface area contributed by atoms with Gasteiger partial charge in [0.2, 0.25) is 0 Å². The highest BCUT2D eigenvalue weighted by Crippen LogP contribution is 2.28. The summed E-state index contributed by atoms with van der Waals surface area (Å²) in [6, 6.07) is 10.5. The fourth-order valence-electron chi connectivity index (χ4n) is 2.14. The Kier molecular flexibility index (Phi) is 3.39. The van der Waals surface area contributed by atoms with Crippen LogP contribution in [0.1, 0.15) is 31.2 Å². The van der Waals surface area contributed by atoms with Crippen molar-refractivity contribution in [2.75, 3.05) is 6.61 Å². The van der Waals surface area contributed by atoms with Crippen LogP contribution in [-0.2, 0) is 4.74 Å². The summed E-state index contributed by atoms with van der Waals surface area (Å²) in [7, 11) is 0. The number of aliphatic hydroxyl groups excluding tert-OH is 1. The predicted octanol–water partition coefficient (Wildman–Crippen LogP) is 2.33. The topological polar surface area (TPSA) is 29.5 Å². The third kappa shape index (κ3) is 2.58. The first-order valence-electron chi connectivity index (χ1n) is 5.62. The van der Waals surface area contributed by atoms with Gasteiger partial charge in [0, 0.05) is 5.92 Å². The molecular weight excluding hydrogens is 188 g/mol. The molecule has 0 radical (unpaired) electrons. The number of hydrogen-bond donors (Lipinski definition) is 1. The fourth-order valence-corrected chi connectivity index (χ4v) is 2.14. The van der Waals surface area contributed by atoms with E-state index in [-0.39, 0.29) is 12.2 Å². The lowest BCUT2D eigenvalue weighted by atomic mass is 9.90. The van der Waals surface area contributed by atoms with Crippen LogP contribution in [0.15, 0.2) is 30.3 Å². The van der Waals surface area contributed by atoms with Crippen molar-refractivity contribution in [1.29, 1.82) is 0 Å². The van der Waals surface area contributed by atoms with Crippen LogP contribution in [0.25, 0.3) is 0 Å². The maximum Gasteiger partial charge on any atom is 0.0831 e. The number of benzene rings is 1. The number of aliphatic hydroxyl groups is 1. The van der Waals surface area contributed by atoms with Gasteiger partial charge in [0.25, 0.3) is 0 Å². The summed E-state index contributed by atoms with van der Waals surface area (Å²) in [5.74, 6) is 0.501. The highest BCUT2D eigenvalue weighted by atomic mass is 16.5. The van der Waals surface area contributed by atoms with E-state index in [9.17, 15) is 5.11 Å². The number of rotatable bonds is 2. The van der Waals surface area contributed by atoms with Gasteiger partial charge >= 0.3 is 0 Å². The molecule has 0 aliphatic carbocycles. The van der Waals surface area contributed by atoms with Crippen LogP contribution in [0.5, 0.6) is 0 Å². The minimum absolute atomic E-state index is 0.0324. The van der Waals surface area contributed by atoms with Crippen molar-refractivity contribution >= 4 is 0 Å². The average molecular weight is 206 g/mol. The van der Waals surface area contributed by atoms with E-state index in [1.165, 1.54) is 5.56 Å². The van der Waals surface area contributed by atoms with Crippen molar-refractivity contribution in [3.05, 3.63) is 35.9 Å². The van der Waals surface area contributed by atoms with Crippen LogP contribution in [-0.4, -0.2) is 23.9 Å². The Morgan fingerprint density at radius 2 is 2.00 bits per heavy atom. The molecule has 0 amide bonds. The Labute approximate surface area is 90.9 Å². The third-order valence-corrected chi connectivity index (χ3v) is 3.12. The summed E-state index contributed by atoms with van der Waals surface area (Å²) in [4.78, 5) is 0. The average Bonchev–Trinajstić information content (AvgIpc) is 2.30. The van der Waals surface area contributed by atoms with Crippen molar-refractivity contribution in [1.82, 2.24) is 0 Å². The van der Waals surface area contributed by atoms with Gasteiger partial charge in [-0.2, -0.15) is 0 Å². The van der Waals surface area contributed by atoms with Crippen LogP contribution in [0, 0.1) is 0 Å². The van der Waals surface area contributed by atoms with Gasteiger partial charge in [0.15, 0.2) is 0 Å². The summed E-state index contributed by atoms with van der Waals surface area (Å²) in [5, 5.41) is 9.41. The Bertz CT molecular complexity index is 287. The van der Waals surface area contributed by atoms with Crippen LogP contribution >= 0.6 is 0 Å². The summed E-state index contributed by atoms with van der Waals surface area (Å²) in [5.41, 5.74) is 1.35. The third-order valence-electron chi connectivity index (χ3n) is 3.12. The smallest absolute Gasteiger partial charge is 0.0831 e. The first-order valence-corrected chi connectivity index (χ1v) is 5.62. The highest BCUT2D eigenvalue weighted by Gasteiger charge is 2.25. The van der Waals surface area contributed by atoms with Gasteiger partial charge in [0.05, 0.1) is 18.8 Å². The molecule has 1 aromatic carbocycles. The van der Waals surface area contributed by atoms with E-state index < -0.39 is 0 Å². The van der Waals surface area contributed by atoms with Crippen molar-refractivity contribution in [3.8, 4) is 0 Å². The van der Waals surface area contributed by atoms with Crippen molar-refractivity contribution in [2.24, 2.45) is 0 Å². The Balaban J connectivity index is 1.94. The summed E-state index contributed by atoms with van der Waals surface area (Å²) < 4.78 is 5.66. The molecule has 15 heavy (non-hydrogen) atoms. The largest absolute Gasteiger partial charge is 0.391 e. The quantitative estimate of drug-likeness (QED) is 0.804.